The van der Waals surface area contributed by atoms with Crippen molar-refractivity contribution in [3.8, 4) is 0 Å². The standard InChI is InChI=1S/C16H24N2O3/c1-13-11-14(3-4-15(13)16(19)20)12-17-5-2-6-18-7-9-21-10-8-18/h3-4,11,17H,2,5-10,12H2,1H3,(H,19,20). The maximum Gasteiger partial charge on any atom is 0.335 e. The Kier molecular flexibility index (Phi) is 6.17. The SMILES string of the molecule is Cc1cc(CNCCCN2CCOCC2)ccc1C(=O)O. The first kappa shape index (κ1) is 15.9. The predicted octanol–water partition coefficient (Wildman–Crippen LogP) is 1.51. The molecule has 0 bridgehead atoms. The molecule has 1 fully saturated rings. The summed E-state index contributed by atoms with van der Waals surface area (Å²) in [5, 5.41) is 12.4. The van der Waals surface area contributed by atoms with Crippen LogP contribution in [0.5, 0.6) is 0 Å². The number of morpholine rings is 1. The monoisotopic (exact) mass is 292 g/mol. The van der Waals surface area contributed by atoms with E-state index < -0.39 is 5.97 Å². The molecule has 1 aromatic carbocycles. The van der Waals surface area contributed by atoms with Crippen LogP contribution in [-0.2, 0) is 11.3 Å². The summed E-state index contributed by atoms with van der Waals surface area (Å²) in [5.41, 5.74) is 2.32. The molecule has 2 rings (SSSR count). The molecule has 0 radical (unpaired) electrons. The number of carboxylic acid groups (broad SMARTS) is 1. The number of benzene rings is 1. The minimum Gasteiger partial charge on any atom is -0.478 e. The number of carbonyl (C=O) groups is 1. The van der Waals surface area contributed by atoms with E-state index >= 15 is 0 Å². The molecular formula is C16H24N2O3. The number of aromatic carboxylic acids is 1. The topological polar surface area (TPSA) is 61.8 Å². The first-order chi connectivity index (χ1) is 10.2. The minimum atomic E-state index is -0.863. The van der Waals surface area contributed by atoms with Crippen molar-refractivity contribution in [2.45, 2.75) is 19.9 Å². The molecule has 1 saturated heterocycles. The van der Waals surface area contributed by atoms with Crippen LogP contribution in [0.15, 0.2) is 18.2 Å². The van der Waals surface area contributed by atoms with Crippen molar-refractivity contribution in [3.05, 3.63) is 34.9 Å². The van der Waals surface area contributed by atoms with Gasteiger partial charge in [0.05, 0.1) is 18.8 Å². The summed E-state index contributed by atoms with van der Waals surface area (Å²) in [6.45, 7) is 8.47. The lowest BCUT2D eigenvalue weighted by Gasteiger charge is -2.26. The molecule has 0 amide bonds. The Bertz CT molecular complexity index is 471. The van der Waals surface area contributed by atoms with Crippen LogP contribution in [-0.4, -0.2) is 55.4 Å². The number of hydrogen-bond acceptors (Lipinski definition) is 4. The summed E-state index contributed by atoms with van der Waals surface area (Å²) in [6, 6.07) is 5.51. The molecule has 5 heteroatoms. The van der Waals surface area contributed by atoms with Gasteiger partial charge in [0.1, 0.15) is 0 Å². The van der Waals surface area contributed by atoms with Crippen molar-refractivity contribution >= 4 is 5.97 Å². The number of ether oxygens (including phenoxy) is 1. The van der Waals surface area contributed by atoms with Gasteiger partial charge in [0.25, 0.3) is 0 Å². The fourth-order valence-corrected chi connectivity index (χ4v) is 2.56. The van der Waals surface area contributed by atoms with Gasteiger partial charge in [-0.1, -0.05) is 12.1 Å². The van der Waals surface area contributed by atoms with Gasteiger partial charge in [-0.15, -0.1) is 0 Å². The Morgan fingerprint density at radius 2 is 2.14 bits per heavy atom. The largest absolute Gasteiger partial charge is 0.478 e. The second-order valence-electron chi connectivity index (χ2n) is 5.44. The highest BCUT2D eigenvalue weighted by Crippen LogP contribution is 2.11. The second-order valence-corrected chi connectivity index (χ2v) is 5.44. The van der Waals surface area contributed by atoms with E-state index in [-0.39, 0.29) is 0 Å². The van der Waals surface area contributed by atoms with E-state index in [1.54, 1.807) is 6.07 Å². The molecule has 2 N–H and O–H groups in total. The lowest BCUT2D eigenvalue weighted by molar-refractivity contribution is 0.0374. The summed E-state index contributed by atoms with van der Waals surface area (Å²) >= 11 is 0. The van der Waals surface area contributed by atoms with Crippen molar-refractivity contribution < 1.29 is 14.6 Å². The van der Waals surface area contributed by atoms with Crippen molar-refractivity contribution in [1.29, 1.82) is 0 Å². The van der Waals surface area contributed by atoms with Crippen molar-refractivity contribution in [1.82, 2.24) is 10.2 Å². The third kappa shape index (κ3) is 5.12. The number of carboxylic acids is 1. The Hall–Kier alpha value is -1.43. The Labute approximate surface area is 125 Å². The van der Waals surface area contributed by atoms with Crippen LogP contribution in [0.4, 0.5) is 0 Å². The molecule has 0 unspecified atom stereocenters. The molecule has 0 spiro atoms. The van der Waals surface area contributed by atoms with E-state index in [9.17, 15) is 4.79 Å². The van der Waals surface area contributed by atoms with Gasteiger partial charge in [-0.05, 0) is 43.6 Å². The molecule has 0 saturated carbocycles. The zero-order chi connectivity index (χ0) is 15.1. The summed E-state index contributed by atoms with van der Waals surface area (Å²) in [4.78, 5) is 13.4. The van der Waals surface area contributed by atoms with Gasteiger partial charge < -0.3 is 15.2 Å². The quantitative estimate of drug-likeness (QED) is 0.746. The molecule has 21 heavy (non-hydrogen) atoms. The summed E-state index contributed by atoms with van der Waals surface area (Å²) in [5.74, 6) is -0.863. The lowest BCUT2D eigenvalue weighted by Crippen LogP contribution is -2.37. The third-order valence-corrected chi connectivity index (χ3v) is 3.78. The van der Waals surface area contributed by atoms with Crippen LogP contribution in [0.25, 0.3) is 0 Å². The van der Waals surface area contributed by atoms with E-state index in [1.807, 2.05) is 19.1 Å². The Morgan fingerprint density at radius 3 is 2.81 bits per heavy atom. The smallest absolute Gasteiger partial charge is 0.335 e. The van der Waals surface area contributed by atoms with Gasteiger partial charge in [-0.3, -0.25) is 4.90 Å². The number of aryl methyl sites for hydroxylation is 1. The summed E-state index contributed by atoms with van der Waals surface area (Å²) in [6.07, 6.45) is 1.12. The fourth-order valence-electron chi connectivity index (χ4n) is 2.56. The zero-order valence-corrected chi connectivity index (χ0v) is 12.6. The second kappa shape index (κ2) is 8.12. The normalized spacial score (nSPS) is 16.0. The van der Waals surface area contributed by atoms with Crippen LogP contribution >= 0.6 is 0 Å². The van der Waals surface area contributed by atoms with E-state index in [2.05, 4.69) is 10.2 Å². The lowest BCUT2D eigenvalue weighted by atomic mass is 10.1. The van der Waals surface area contributed by atoms with Crippen LogP contribution < -0.4 is 5.32 Å². The average Bonchev–Trinajstić information content (AvgIpc) is 2.47. The molecule has 0 aliphatic carbocycles. The van der Waals surface area contributed by atoms with E-state index in [1.165, 1.54) is 0 Å². The molecule has 1 aromatic rings. The van der Waals surface area contributed by atoms with Crippen molar-refractivity contribution in [2.75, 3.05) is 39.4 Å². The van der Waals surface area contributed by atoms with E-state index in [0.29, 0.717) is 5.56 Å². The van der Waals surface area contributed by atoms with Crippen molar-refractivity contribution in [2.24, 2.45) is 0 Å². The molecule has 1 heterocycles. The first-order valence-corrected chi connectivity index (χ1v) is 7.50. The maximum atomic E-state index is 11.0. The minimum absolute atomic E-state index is 0.381. The van der Waals surface area contributed by atoms with E-state index in [0.717, 1.165) is 63.5 Å². The van der Waals surface area contributed by atoms with Crippen LogP contribution in [0.1, 0.15) is 27.9 Å². The van der Waals surface area contributed by atoms with E-state index in [4.69, 9.17) is 9.84 Å². The van der Waals surface area contributed by atoms with Gasteiger partial charge in [-0.2, -0.15) is 0 Å². The van der Waals surface area contributed by atoms with Gasteiger partial charge in [0.2, 0.25) is 0 Å². The van der Waals surface area contributed by atoms with Gasteiger partial charge in [0.15, 0.2) is 0 Å². The zero-order valence-electron chi connectivity index (χ0n) is 12.6. The molecular weight excluding hydrogens is 268 g/mol. The number of rotatable bonds is 7. The predicted molar refractivity (Wildman–Crippen MR) is 81.7 cm³/mol. The molecule has 0 atom stereocenters. The third-order valence-electron chi connectivity index (χ3n) is 3.78. The fraction of sp³-hybridized carbons (Fsp3) is 0.562. The highest BCUT2D eigenvalue weighted by Gasteiger charge is 2.09. The number of nitrogens with one attached hydrogen (secondary N) is 1. The summed E-state index contributed by atoms with van der Waals surface area (Å²) in [7, 11) is 0. The highest BCUT2D eigenvalue weighted by molar-refractivity contribution is 5.89. The Morgan fingerprint density at radius 1 is 1.38 bits per heavy atom. The molecule has 1 aliphatic heterocycles. The van der Waals surface area contributed by atoms with Gasteiger partial charge in [-0.25, -0.2) is 4.79 Å². The van der Waals surface area contributed by atoms with Gasteiger partial charge >= 0.3 is 5.97 Å². The first-order valence-electron chi connectivity index (χ1n) is 7.50. The van der Waals surface area contributed by atoms with Crippen LogP contribution in [0, 0.1) is 6.92 Å². The van der Waals surface area contributed by atoms with Crippen LogP contribution in [0.2, 0.25) is 0 Å². The maximum absolute atomic E-state index is 11.0. The molecule has 5 nitrogen and oxygen atoms in total. The van der Waals surface area contributed by atoms with Crippen molar-refractivity contribution in [3.63, 3.8) is 0 Å². The molecule has 116 valence electrons. The number of nitrogens with zero attached hydrogens (tertiary/aromatic N) is 1. The Balaban J connectivity index is 1.66. The summed E-state index contributed by atoms with van der Waals surface area (Å²) < 4.78 is 5.32. The number of hydrogen-bond donors (Lipinski definition) is 2. The molecule has 0 aromatic heterocycles. The van der Waals surface area contributed by atoms with Gasteiger partial charge in [0, 0.05) is 19.6 Å². The van der Waals surface area contributed by atoms with Crippen LogP contribution in [0.3, 0.4) is 0 Å². The highest BCUT2D eigenvalue weighted by atomic mass is 16.5. The molecule has 1 aliphatic rings. The average molecular weight is 292 g/mol.